The van der Waals surface area contributed by atoms with Crippen molar-refractivity contribution in [3.05, 3.63) is 46.5 Å². The summed E-state index contributed by atoms with van der Waals surface area (Å²) in [5.41, 5.74) is 4.15. The Morgan fingerprint density at radius 1 is 1.19 bits per heavy atom. The Balaban J connectivity index is 1.82. The Morgan fingerprint density at radius 3 is 2.74 bits per heavy atom. The Morgan fingerprint density at radius 2 is 2.00 bits per heavy atom. The molecular weight excluding hydrogens is 445 g/mol. The highest BCUT2D eigenvalue weighted by Gasteiger charge is 2.20. The number of rotatable bonds is 6. The van der Waals surface area contributed by atoms with Gasteiger partial charge in [-0.1, -0.05) is 11.6 Å². The van der Waals surface area contributed by atoms with Gasteiger partial charge in [0.2, 0.25) is 0 Å². The molecule has 0 saturated carbocycles. The average Bonchev–Trinajstić information content (AvgIpc) is 3.18. The van der Waals surface area contributed by atoms with Gasteiger partial charge in [0, 0.05) is 18.7 Å². The van der Waals surface area contributed by atoms with Gasteiger partial charge in [-0.15, -0.1) is 11.3 Å². The summed E-state index contributed by atoms with van der Waals surface area (Å²) in [7, 11) is 2.82. The summed E-state index contributed by atoms with van der Waals surface area (Å²) in [5, 5.41) is 0.439. The maximum absolute atomic E-state index is 14.7. The van der Waals surface area contributed by atoms with Crippen LogP contribution < -0.4 is 4.74 Å². The van der Waals surface area contributed by atoms with Gasteiger partial charge < -0.3 is 14.2 Å². The molecule has 0 N–H and O–H groups in total. The average molecular weight is 462 g/mol. The molecule has 2 aromatic heterocycles. The summed E-state index contributed by atoms with van der Waals surface area (Å²) in [5.74, 6) is -1.55. The van der Waals surface area contributed by atoms with Crippen LogP contribution in [-0.4, -0.2) is 41.7 Å². The van der Waals surface area contributed by atoms with Crippen LogP contribution in [0.1, 0.15) is 11.3 Å². The quantitative estimate of drug-likeness (QED) is 0.384. The third-order valence-electron chi connectivity index (χ3n) is 4.47. The molecule has 7 nitrogen and oxygen atoms in total. The Kier molecular flexibility index (Phi) is 5.99. The SMILES string of the molecule is COCc1cnc2c(-c3nc4c(Cl)c(F)c(OCC(=O)OC)cc4s3)cc(C)cc2n1. The lowest BCUT2D eigenvalue weighted by Gasteiger charge is -2.07. The van der Waals surface area contributed by atoms with E-state index in [0.29, 0.717) is 38.6 Å². The highest BCUT2D eigenvalue weighted by atomic mass is 35.5. The molecule has 10 heteroatoms. The molecular formula is C21H17ClFN3O4S. The molecule has 0 bridgehead atoms. The first-order valence-electron chi connectivity index (χ1n) is 9.15. The smallest absolute Gasteiger partial charge is 0.343 e. The van der Waals surface area contributed by atoms with E-state index in [2.05, 4.69) is 19.7 Å². The number of carbonyl (C=O) groups excluding carboxylic acids is 1. The van der Waals surface area contributed by atoms with E-state index in [0.717, 1.165) is 11.1 Å². The molecule has 0 radical (unpaired) electrons. The molecule has 0 amide bonds. The number of fused-ring (bicyclic) bond motifs is 2. The predicted octanol–water partition coefficient (Wildman–Crippen LogP) is 4.71. The third kappa shape index (κ3) is 4.16. The van der Waals surface area contributed by atoms with E-state index in [1.807, 2.05) is 19.1 Å². The molecule has 2 heterocycles. The zero-order valence-electron chi connectivity index (χ0n) is 16.9. The van der Waals surface area contributed by atoms with Gasteiger partial charge in [0.1, 0.15) is 15.5 Å². The zero-order chi connectivity index (χ0) is 22.1. The minimum Gasteiger partial charge on any atom is -0.479 e. The van der Waals surface area contributed by atoms with Gasteiger partial charge >= 0.3 is 5.97 Å². The monoisotopic (exact) mass is 461 g/mol. The van der Waals surface area contributed by atoms with Crippen molar-refractivity contribution in [3.8, 4) is 16.3 Å². The van der Waals surface area contributed by atoms with Crippen LogP contribution in [0.2, 0.25) is 5.02 Å². The Bertz CT molecular complexity index is 1310. The molecule has 31 heavy (non-hydrogen) atoms. The van der Waals surface area contributed by atoms with Gasteiger partial charge in [0.05, 0.1) is 41.3 Å². The first-order valence-corrected chi connectivity index (χ1v) is 10.3. The fourth-order valence-corrected chi connectivity index (χ4v) is 4.40. The lowest BCUT2D eigenvalue weighted by atomic mass is 10.1. The van der Waals surface area contributed by atoms with Crippen LogP contribution in [0.3, 0.4) is 0 Å². The van der Waals surface area contributed by atoms with E-state index >= 15 is 0 Å². The van der Waals surface area contributed by atoms with Crippen molar-refractivity contribution in [2.45, 2.75) is 13.5 Å². The van der Waals surface area contributed by atoms with Gasteiger partial charge in [-0.05, 0) is 24.6 Å². The minimum atomic E-state index is -0.784. The molecule has 0 atom stereocenters. The standard InChI is InChI=1S/C21H17ClFN3O4S/c1-10-4-12(19-13(5-10)25-11(7-24-19)8-28-2)21-26-20-15(31-21)6-14(18(23)17(20)22)30-9-16(27)29-3/h4-7H,8-9H2,1-3H3. The number of aromatic nitrogens is 3. The molecule has 4 rings (SSSR count). The molecule has 4 aromatic rings. The molecule has 0 aliphatic heterocycles. The summed E-state index contributed by atoms with van der Waals surface area (Å²) >= 11 is 7.53. The highest BCUT2D eigenvalue weighted by Crippen LogP contribution is 2.40. The van der Waals surface area contributed by atoms with Crippen LogP contribution in [0, 0.1) is 12.7 Å². The number of methoxy groups -OCH3 is 2. The van der Waals surface area contributed by atoms with E-state index in [1.165, 1.54) is 24.5 Å². The number of halogens is 2. The van der Waals surface area contributed by atoms with Crippen LogP contribution in [0.5, 0.6) is 5.75 Å². The maximum Gasteiger partial charge on any atom is 0.343 e. The number of hydrogen-bond donors (Lipinski definition) is 0. The second-order valence-electron chi connectivity index (χ2n) is 6.71. The topological polar surface area (TPSA) is 83.4 Å². The number of ether oxygens (including phenoxy) is 3. The maximum atomic E-state index is 14.7. The fraction of sp³-hybridized carbons (Fsp3) is 0.238. The molecule has 160 valence electrons. The predicted molar refractivity (Wildman–Crippen MR) is 116 cm³/mol. The summed E-state index contributed by atoms with van der Waals surface area (Å²) in [6.07, 6.45) is 1.66. The van der Waals surface area contributed by atoms with Crippen molar-refractivity contribution < 1.29 is 23.4 Å². The van der Waals surface area contributed by atoms with E-state index in [9.17, 15) is 9.18 Å². The highest BCUT2D eigenvalue weighted by molar-refractivity contribution is 7.21. The summed E-state index contributed by atoms with van der Waals surface area (Å²) in [6, 6.07) is 5.36. The van der Waals surface area contributed by atoms with Crippen LogP contribution >= 0.6 is 22.9 Å². The number of carbonyl (C=O) groups is 1. The molecule has 0 spiro atoms. The first kappa shape index (κ1) is 21.4. The van der Waals surface area contributed by atoms with Crippen molar-refractivity contribution in [2.75, 3.05) is 20.8 Å². The molecule has 2 aromatic carbocycles. The van der Waals surface area contributed by atoms with Crippen molar-refractivity contribution >= 4 is 50.2 Å². The van der Waals surface area contributed by atoms with Crippen molar-refractivity contribution in [1.29, 1.82) is 0 Å². The van der Waals surface area contributed by atoms with Crippen LogP contribution in [0.25, 0.3) is 31.8 Å². The van der Waals surface area contributed by atoms with Crippen LogP contribution in [-0.2, 0) is 20.9 Å². The van der Waals surface area contributed by atoms with Gasteiger partial charge in [-0.25, -0.2) is 19.2 Å². The fourth-order valence-electron chi connectivity index (χ4n) is 3.08. The second-order valence-corrected chi connectivity index (χ2v) is 8.12. The Hall–Kier alpha value is -2.88. The molecule has 0 fully saturated rings. The van der Waals surface area contributed by atoms with Crippen molar-refractivity contribution in [2.24, 2.45) is 0 Å². The van der Waals surface area contributed by atoms with Gasteiger partial charge in [0.15, 0.2) is 18.2 Å². The van der Waals surface area contributed by atoms with Crippen molar-refractivity contribution in [1.82, 2.24) is 15.0 Å². The summed E-state index contributed by atoms with van der Waals surface area (Å²) in [4.78, 5) is 25.0. The van der Waals surface area contributed by atoms with Gasteiger partial charge in [-0.2, -0.15) is 0 Å². The molecule has 0 aliphatic carbocycles. The minimum absolute atomic E-state index is 0.142. The lowest BCUT2D eigenvalue weighted by Crippen LogP contribution is -2.13. The Labute approximate surface area is 185 Å². The molecule has 0 unspecified atom stereocenters. The van der Waals surface area contributed by atoms with E-state index in [1.54, 1.807) is 13.3 Å². The molecule has 0 aliphatic rings. The number of thiazole rings is 1. The third-order valence-corrected chi connectivity index (χ3v) is 5.85. The van der Waals surface area contributed by atoms with E-state index in [4.69, 9.17) is 21.1 Å². The summed E-state index contributed by atoms with van der Waals surface area (Å²) in [6.45, 7) is 1.88. The van der Waals surface area contributed by atoms with E-state index in [-0.39, 0.29) is 10.8 Å². The summed E-state index contributed by atoms with van der Waals surface area (Å²) < 4.78 is 30.1. The zero-order valence-corrected chi connectivity index (χ0v) is 18.4. The van der Waals surface area contributed by atoms with E-state index < -0.39 is 18.4 Å². The largest absolute Gasteiger partial charge is 0.479 e. The van der Waals surface area contributed by atoms with Crippen LogP contribution in [0.15, 0.2) is 24.4 Å². The van der Waals surface area contributed by atoms with Crippen molar-refractivity contribution in [3.63, 3.8) is 0 Å². The number of hydrogen-bond acceptors (Lipinski definition) is 8. The molecule has 0 saturated heterocycles. The number of esters is 1. The normalized spacial score (nSPS) is 11.3. The second kappa shape index (κ2) is 8.70. The van der Waals surface area contributed by atoms with Gasteiger partial charge in [0.25, 0.3) is 0 Å². The van der Waals surface area contributed by atoms with Gasteiger partial charge in [-0.3, -0.25) is 4.98 Å². The number of benzene rings is 2. The van der Waals surface area contributed by atoms with Crippen LogP contribution in [0.4, 0.5) is 4.39 Å². The number of aryl methyl sites for hydroxylation is 1. The lowest BCUT2D eigenvalue weighted by molar-refractivity contribution is -0.142. The first-order chi connectivity index (χ1) is 14.9. The number of nitrogens with zero attached hydrogens (tertiary/aromatic N) is 3.